The summed E-state index contributed by atoms with van der Waals surface area (Å²) in [7, 11) is -1.94. The molecule has 0 bridgehead atoms. The Morgan fingerprint density at radius 3 is 2.07 bits per heavy atom. The van der Waals surface area contributed by atoms with Gasteiger partial charge in [-0.05, 0) is 60.7 Å². The molecule has 0 atom stereocenters. The van der Waals surface area contributed by atoms with Gasteiger partial charge in [0.2, 0.25) is 10.0 Å². The Bertz CT molecular complexity index is 910. The first kappa shape index (κ1) is 20.6. The van der Waals surface area contributed by atoms with Crippen LogP contribution in [-0.4, -0.2) is 38.7 Å². The molecule has 150 valence electrons. The Morgan fingerprint density at radius 1 is 1.00 bits per heavy atom. The SMILES string of the molecule is COc1ccc(C(=O)C2CCN(S(=O)(=O)c3ccc(C(C)C)cc3)CC2)cc1. The lowest BCUT2D eigenvalue weighted by molar-refractivity contribution is 0.0875. The second-order valence-electron chi connectivity index (χ2n) is 7.49. The van der Waals surface area contributed by atoms with E-state index >= 15 is 0 Å². The smallest absolute Gasteiger partial charge is 0.243 e. The van der Waals surface area contributed by atoms with Gasteiger partial charge in [-0.15, -0.1) is 0 Å². The minimum absolute atomic E-state index is 0.0704. The molecular formula is C22H27NO4S. The lowest BCUT2D eigenvalue weighted by Crippen LogP contribution is -2.40. The third-order valence-corrected chi connectivity index (χ3v) is 7.30. The zero-order valence-corrected chi connectivity index (χ0v) is 17.4. The number of piperidine rings is 1. The number of carbonyl (C=O) groups is 1. The first-order valence-electron chi connectivity index (χ1n) is 9.61. The van der Waals surface area contributed by atoms with E-state index in [9.17, 15) is 13.2 Å². The Morgan fingerprint density at radius 2 is 1.57 bits per heavy atom. The summed E-state index contributed by atoms with van der Waals surface area (Å²) in [5, 5.41) is 0. The number of sulfonamides is 1. The van der Waals surface area contributed by atoms with Crippen LogP contribution in [0.4, 0.5) is 0 Å². The van der Waals surface area contributed by atoms with Crippen molar-refractivity contribution >= 4 is 15.8 Å². The largest absolute Gasteiger partial charge is 0.497 e. The van der Waals surface area contributed by atoms with Gasteiger partial charge < -0.3 is 4.74 Å². The Balaban J connectivity index is 1.65. The molecule has 0 aliphatic carbocycles. The molecule has 0 N–H and O–H groups in total. The number of hydrogen-bond donors (Lipinski definition) is 0. The third kappa shape index (κ3) is 4.28. The van der Waals surface area contributed by atoms with Crippen molar-refractivity contribution < 1.29 is 17.9 Å². The highest BCUT2D eigenvalue weighted by atomic mass is 32.2. The van der Waals surface area contributed by atoms with Crippen LogP contribution in [-0.2, 0) is 10.0 Å². The highest BCUT2D eigenvalue weighted by Gasteiger charge is 2.32. The van der Waals surface area contributed by atoms with Gasteiger partial charge in [-0.1, -0.05) is 26.0 Å². The maximum Gasteiger partial charge on any atom is 0.243 e. The maximum absolute atomic E-state index is 12.9. The number of Topliss-reactive ketones (excluding diaryl/α,β-unsaturated/α-hetero) is 1. The van der Waals surface area contributed by atoms with Crippen molar-refractivity contribution in [2.24, 2.45) is 5.92 Å². The average molecular weight is 402 g/mol. The molecule has 3 rings (SSSR count). The van der Waals surface area contributed by atoms with Crippen molar-refractivity contribution in [1.29, 1.82) is 0 Å². The first-order chi connectivity index (χ1) is 13.3. The molecule has 0 unspecified atom stereocenters. The zero-order chi connectivity index (χ0) is 20.3. The number of hydrogen-bond acceptors (Lipinski definition) is 4. The minimum Gasteiger partial charge on any atom is -0.497 e. The first-order valence-corrected chi connectivity index (χ1v) is 11.1. The molecule has 1 saturated heterocycles. The van der Waals surface area contributed by atoms with Crippen LogP contribution in [0, 0.1) is 5.92 Å². The second kappa shape index (κ2) is 8.45. The van der Waals surface area contributed by atoms with Gasteiger partial charge in [-0.3, -0.25) is 4.79 Å². The standard InChI is InChI=1S/C22H27NO4S/c1-16(2)17-6-10-21(11-7-17)28(25,26)23-14-12-19(13-15-23)22(24)18-4-8-20(27-3)9-5-18/h4-11,16,19H,12-15H2,1-3H3. The van der Waals surface area contributed by atoms with Gasteiger partial charge in [0.25, 0.3) is 0 Å². The van der Waals surface area contributed by atoms with Crippen LogP contribution in [0.25, 0.3) is 0 Å². The molecule has 2 aromatic carbocycles. The van der Waals surface area contributed by atoms with Crippen molar-refractivity contribution in [2.75, 3.05) is 20.2 Å². The monoisotopic (exact) mass is 401 g/mol. The fourth-order valence-corrected chi connectivity index (χ4v) is 4.99. The summed E-state index contributed by atoms with van der Waals surface area (Å²) in [6, 6.07) is 14.2. The molecule has 0 saturated carbocycles. The summed E-state index contributed by atoms with van der Waals surface area (Å²) in [5.41, 5.74) is 1.76. The molecule has 1 aliphatic rings. The maximum atomic E-state index is 12.9. The van der Waals surface area contributed by atoms with E-state index in [0.717, 1.165) is 5.56 Å². The van der Waals surface area contributed by atoms with Gasteiger partial charge in [0.1, 0.15) is 5.75 Å². The van der Waals surface area contributed by atoms with E-state index in [2.05, 4.69) is 13.8 Å². The highest BCUT2D eigenvalue weighted by molar-refractivity contribution is 7.89. The van der Waals surface area contributed by atoms with Crippen LogP contribution in [0.15, 0.2) is 53.4 Å². The van der Waals surface area contributed by atoms with Gasteiger partial charge in [0.05, 0.1) is 12.0 Å². The normalized spacial score (nSPS) is 16.3. The minimum atomic E-state index is -3.52. The predicted octanol–water partition coefficient (Wildman–Crippen LogP) is 4.10. The molecule has 28 heavy (non-hydrogen) atoms. The molecule has 2 aromatic rings. The van der Waals surface area contributed by atoms with Crippen molar-refractivity contribution in [1.82, 2.24) is 4.31 Å². The highest BCUT2D eigenvalue weighted by Crippen LogP contribution is 2.27. The number of carbonyl (C=O) groups excluding carboxylic acids is 1. The summed E-state index contributed by atoms with van der Waals surface area (Å²) in [5.74, 6) is 0.988. The van der Waals surface area contributed by atoms with E-state index in [1.807, 2.05) is 12.1 Å². The molecular weight excluding hydrogens is 374 g/mol. The van der Waals surface area contributed by atoms with E-state index in [-0.39, 0.29) is 11.7 Å². The second-order valence-corrected chi connectivity index (χ2v) is 9.43. The number of rotatable bonds is 6. The Labute approximate surface area is 167 Å². The lowest BCUT2D eigenvalue weighted by atomic mass is 9.89. The summed E-state index contributed by atoms with van der Waals surface area (Å²) < 4.78 is 32.4. The molecule has 0 aromatic heterocycles. The van der Waals surface area contributed by atoms with Gasteiger partial charge in [-0.25, -0.2) is 8.42 Å². The van der Waals surface area contributed by atoms with Crippen molar-refractivity contribution in [3.63, 3.8) is 0 Å². The van der Waals surface area contributed by atoms with Crippen molar-refractivity contribution in [2.45, 2.75) is 37.5 Å². The van der Waals surface area contributed by atoms with Gasteiger partial charge in [0.15, 0.2) is 5.78 Å². The average Bonchev–Trinajstić information content (AvgIpc) is 2.73. The number of ketones is 1. The van der Waals surface area contributed by atoms with Gasteiger partial charge in [-0.2, -0.15) is 4.31 Å². The predicted molar refractivity (Wildman–Crippen MR) is 109 cm³/mol. The zero-order valence-electron chi connectivity index (χ0n) is 16.6. The van der Waals surface area contributed by atoms with E-state index in [1.54, 1.807) is 43.5 Å². The number of methoxy groups -OCH3 is 1. The van der Waals surface area contributed by atoms with Crippen molar-refractivity contribution in [3.8, 4) is 5.75 Å². The Hall–Kier alpha value is -2.18. The van der Waals surface area contributed by atoms with Crippen LogP contribution >= 0.6 is 0 Å². The summed E-state index contributed by atoms with van der Waals surface area (Å²) in [6.45, 7) is 4.88. The molecule has 6 heteroatoms. The van der Waals surface area contributed by atoms with Gasteiger partial charge >= 0.3 is 0 Å². The molecule has 0 spiro atoms. The molecule has 1 fully saturated rings. The van der Waals surface area contributed by atoms with E-state index in [0.29, 0.717) is 48.1 Å². The number of nitrogens with zero attached hydrogens (tertiary/aromatic N) is 1. The fraction of sp³-hybridized carbons (Fsp3) is 0.409. The summed E-state index contributed by atoms with van der Waals surface area (Å²) in [4.78, 5) is 13.0. The topological polar surface area (TPSA) is 63.7 Å². The third-order valence-electron chi connectivity index (χ3n) is 5.38. The van der Waals surface area contributed by atoms with Crippen LogP contribution in [0.2, 0.25) is 0 Å². The fourth-order valence-electron chi connectivity index (χ4n) is 3.52. The van der Waals surface area contributed by atoms with E-state index in [1.165, 1.54) is 4.31 Å². The van der Waals surface area contributed by atoms with Crippen LogP contribution < -0.4 is 4.74 Å². The molecule has 1 aliphatic heterocycles. The number of benzene rings is 2. The molecule has 5 nitrogen and oxygen atoms in total. The van der Waals surface area contributed by atoms with Crippen molar-refractivity contribution in [3.05, 3.63) is 59.7 Å². The van der Waals surface area contributed by atoms with Crippen LogP contribution in [0.5, 0.6) is 5.75 Å². The Kier molecular flexibility index (Phi) is 6.20. The quantitative estimate of drug-likeness (QED) is 0.684. The van der Waals surface area contributed by atoms with Crippen LogP contribution in [0.3, 0.4) is 0 Å². The molecule has 0 radical (unpaired) electrons. The summed E-state index contributed by atoms with van der Waals surface area (Å²) >= 11 is 0. The number of ether oxygens (including phenoxy) is 1. The van der Waals surface area contributed by atoms with E-state index < -0.39 is 10.0 Å². The van der Waals surface area contributed by atoms with E-state index in [4.69, 9.17) is 4.74 Å². The molecule has 0 amide bonds. The lowest BCUT2D eigenvalue weighted by Gasteiger charge is -2.30. The van der Waals surface area contributed by atoms with Gasteiger partial charge in [0, 0.05) is 24.6 Å². The van der Waals surface area contributed by atoms with Crippen LogP contribution in [0.1, 0.15) is 48.5 Å². The summed E-state index contributed by atoms with van der Waals surface area (Å²) in [6.07, 6.45) is 1.07. The molecule has 1 heterocycles.